The van der Waals surface area contributed by atoms with Gasteiger partial charge in [-0.2, -0.15) is 10.4 Å². The van der Waals surface area contributed by atoms with Crippen LogP contribution < -0.4 is 0 Å². The highest BCUT2D eigenvalue weighted by atomic mass is 32.3. The highest BCUT2D eigenvalue weighted by molar-refractivity contribution is 8.47. The molecule has 3 aromatic heterocycles. The zero-order valence-corrected chi connectivity index (χ0v) is 23.5. The lowest BCUT2D eigenvalue weighted by Crippen LogP contribution is -2.25. The zero-order chi connectivity index (χ0) is 27.0. The number of nitrogens with zero attached hydrogens (tertiary/aromatic N) is 5. The molecule has 3 aromatic rings. The second kappa shape index (κ2) is 9.57. The first kappa shape index (κ1) is 27.8. The molecule has 0 unspecified atom stereocenters. The maximum atomic E-state index is 10.5. The van der Waals surface area contributed by atoms with Crippen molar-refractivity contribution in [2.24, 2.45) is 0 Å². The van der Waals surface area contributed by atoms with Crippen LogP contribution >= 0.6 is 9.16 Å². The van der Waals surface area contributed by atoms with Gasteiger partial charge in [0.2, 0.25) is 0 Å². The first-order valence-electron chi connectivity index (χ1n) is 11.9. The number of thiol groups is 1. The first-order valence-corrected chi connectivity index (χ1v) is 16.1. The second-order valence-corrected chi connectivity index (χ2v) is 21.0. The van der Waals surface area contributed by atoms with Crippen molar-refractivity contribution >= 4 is 20.1 Å². The molecule has 0 aromatic carbocycles. The van der Waals surface area contributed by atoms with Gasteiger partial charge in [0.05, 0.1) is 30.5 Å². The van der Waals surface area contributed by atoms with Gasteiger partial charge in [0.1, 0.15) is 24.1 Å². The van der Waals surface area contributed by atoms with Gasteiger partial charge in [-0.25, -0.2) is 9.67 Å². The second-order valence-electron chi connectivity index (χ2n) is 12.6. The molecule has 8 nitrogen and oxygen atoms in total. The number of hydrogen-bond acceptors (Lipinski definition) is 6. The van der Waals surface area contributed by atoms with Gasteiger partial charge >= 0.3 is 0 Å². The number of rotatable bonds is 8. The van der Waals surface area contributed by atoms with Crippen molar-refractivity contribution in [2.75, 3.05) is 37.4 Å². The Morgan fingerprint density at radius 1 is 1.08 bits per heavy atom. The average Bonchev–Trinajstić information content (AvgIpc) is 3.27. The van der Waals surface area contributed by atoms with E-state index in [1.165, 1.54) is 0 Å². The van der Waals surface area contributed by atoms with Crippen molar-refractivity contribution in [1.82, 2.24) is 19.3 Å². The smallest absolute Gasteiger partial charge is 0.170 e. The fourth-order valence-corrected chi connectivity index (χ4v) is 4.45. The van der Waals surface area contributed by atoms with Crippen LogP contribution in [0.4, 0.5) is 0 Å². The highest BCUT2D eigenvalue weighted by Gasteiger charge is 2.22. The van der Waals surface area contributed by atoms with Crippen molar-refractivity contribution in [2.45, 2.75) is 52.2 Å². The van der Waals surface area contributed by atoms with E-state index in [-0.39, 0.29) is 6.73 Å². The topological polar surface area (TPSA) is 109 Å². The van der Waals surface area contributed by atoms with Crippen LogP contribution in [0.25, 0.3) is 22.0 Å². The Morgan fingerprint density at radius 2 is 1.78 bits per heavy atom. The van der Waals surface area contributed by atoms with Gasteiger partial charge in [-0.1, -0.05) is 5.92 Å². The van der Waals surface area contributed by atoms with Gasteiger partial charge < -0.3 is 19.5 Å². The third kappa shape index (κ3) is 7.84. The molecule has 0 atom stereocenters. The molecule has 3 heterocycles. The Bertz CT molecular complexity index is 1350. The Hall–Kier alpha value is -2.82. The van der Waals surface area contributed by atoms with Crippen molar-refractivity contribution in [3.63, 3.8) is 0 Å². The van der Waals surface area contributed by atoms with E-state index in [1.54, 1.807) is 38.6 Å². The van der Waals surface area contributed by atoms with E-state index in [2.05, 4.69) is 53.0 Å². The number of hydrogen-bond donors (Lipinski definition) is 3. The fraction of sp³-hybridized carbons (Fsp3) is 0.519. The quantitative estimate of drug-likeness (QED) is 0.242. The molecule has 0 saturated heterocycles. The van der Waals surface area contributed by atoms with E-state index >= 15 is 0 Å². The summed E-state index contributed by atoms with van der Waals surface area (Å²) in [5.74, 6) is 6.72. The predicted octanol–water partition coefficient (Wildman–Crippen LogP) is 3.23. The first-order chi connectivity index (χ1) is 16.4. The SMILES string of the molecule is CC(C)(O)C#Cc1cc2c(-c3cn(COCC[SH](C)(C)(C)C)nc3C#N)cn(CC(C)(C)O)c2cn1. The van der Waals surface area contributed by atoms with Gasteiger partial charge in [-0.05, 0) is 70.5 Å². The van der Waals surface area contributed by atoms with E-state index in [0.29, 0.717) is 30.1 Å². The molecule has 2 N–H and O–H groups in total. The Balaban J connectivity index is 2.03. The van der Waals surface area contributed by atoms with Crippen LogP contribution in [0, 0.1) is 23.2 Å². The third-order valence-corrected chi connectivity index (χ3v) is 7.30. The zero-order valence-electron chi connectivity index (χ0n) is 22.6. The minimum Gasteiger partial charge on any atom is -0.389 e. The molecule has 0 saturated carbocycles. The van der Waals surface area contributed by atoms with Crippen LogP contribution in [0.5, 0.6) is 0 Å². The molecule has 0 aliphatic carbocycles. The number of fused-ring (bicyclic) bond motifs is 1. The fourth-order valence-electron chi connectivity index (χ4n) is 3.59. The predicted molar refractivity (Wildman–Crippen MR) is 149 cm³/mol. The van der Waals surface area contributed by atoms with Crippen molar-refractivity contribution in [3.05, 3.63) is 36.0 Å². The molecule has 9 heteroatoms. The number of nitriles is 1. The molecule has 3 rings (SSSR count). The summed E-state index contributed by atoms with van der Waals surface area (Å²) in [6, 6.07) is 4.04. The molecule has 0 amide bonds. The van der Waals surface area contributed by atoms with E-state index in [4.69, 9.17) is 4.74 Å². The Labute approximate surface area is 214 Å². The normalized spacial score (nSPS) is 13.6. The minimum absolute atomic E-state index is 0.257. The summed E-state index contributed by atoms with van der Waals surface area (Å²) in [6.45, 7) is 7.94. The lowest BCUT2D eigenvalue weighted by Gasteiger charge is -2.46. The number of aromatic nitrogens is 4. The summed E-state index contributed by atoms with van der Waals surface area (Å²) in [5.41, 5.74) is 0.959. The van der Waals surface area contributed by atoms with Gasteiger partial charge in [0.15, 0.2) is 5.69 Å². The number of pyridine rings is 1. The molecule has 0 aliphatic heterocycles. The van der Waals surface area contributed by atoms with E-state index in [1.807, 2.05) is 23.0 Å². The average molecular weight is 514 g/mol. The lowest BCUT2D eigenvalue weighted by molar-refractivity contribution is 0.0628. The minimum atomic E-state index is -1.66. The Morgan fingerprint density at radius 3 is 2.36 bits per heavy atom. The van der Waals surface area contributed by atoms with Crippen LogP contribution in [-0.4, -0.2) is 78.1 Å². The van der Waals surface area contributed by atoms with Crippen molar-refractivity contribution in [3.8, 4) is 29.0 Å². The van der Waals surface area contributed by atoms with Crippen LogP contribution in [0.2, 0.25) is 0 Å². The number of aliphatic hydroxyl groups is 2. The van der Waals surface area contributed by atoms with Gasteiger partial charge in [0, 0.05) is 28.9 Å². The lowest BCUT2D eigenvalue weighted by atomic mass is 10.1. The van der Waals surface area contributed by atoms with Crippen molar-refractivity contribution < 1.29 is 14.9 Å². The molecule has 36 heavy (non-hydrogen) atoms. The van der Waals surface area contributed by atoms with E-state index < -0.39 is 20.4 Å². The summed E-state index contributed by atoms with van der Waals surface area (Å²) in [6.07, 6.45) is 14.7. The summed E-state index contributed by atoms with van der Waals surface area (Å²) < 4.78 is 9.46. The molecule has 196 valence electrons. The molecular formula is C27H39N5O3S. The highest BCUT2D eigenvalue weighted by Crippen LogP contribution is 2.54. The maximum absolute atomic E-state index is 10.5. The summed E-state index contributed by atoms with van der Waals surface area (Å²) in [4.78, 5) is 4.44. The summed E-state index contributed by atoms with van der Waals surface area (Å²) in [5, 5.41) is 35.6. The van der Waals surface area contributed by atoms with E-state index in [0.717, 1.165) is 22.2 Å². The van der Waals surface area contributed by atoms with Crippen molar-refractivity contribution in [1.29, 1.82) is 5.26 Å². The molecule has 0 aliphatic rings. The maximum Gasteiger partial charge on any atom is 0.170 e. The van der Waals surface area contributed by atoms with Gasteiger partial charge in [-0.15, -0.1) is 0 Å². The molecule has 0 bridgehead atoms. The summed E-state index contributed by atoms with van der Waals surface area (Å²) >= 11 is 0. The monoisotopic (exact) mass is 513 g/mol. The third-order valence-electron chi connectivity index (χ3n) is 5.33. The van der Waals surface area contributed by atoms with Gasteiger partial charge in [-0.3, -0.25) is 9.16 Å². The van der Waals surface area contributed by atoms with Gasteiger partial charge in [0.25, 0.3) is 0 Å². The van der Waals surface area contributed by atoms with Crippen LogP contribution in [0.1, 0.15) is 39.1 Å². The van der Waals surface area contributed by atoms with Crippen LogP contribution in [0.3, 0.4) is 0 Å². The summed E-state index contributed by atoms with van der Waals surface area (Å²) in [7, 11) is -1.66. The number of ether oxygens (including phenoxy) is 1. The standard InChI is InChI=1S/C27H39N5O3S/c1-26(2,33)10-9-20-13-21-22(16-31(18-27(3,4)34)25(21)15-29-20)23-17-32(30-24(23)14-28)19-35-11-12-36(5,6,7)8/h13,15-17,33-34,36H,11-12,18-19H2,1-8H3. The molecule has 0 fully saturated rings. The molecule has 0 spiro atoms. The van der Waals surface area contributed by atoms with Crippen LogP contribution in [-0.2, 0) is 18.0 Å². The Kier molecular flexibility index (Phi) is 7.38. The molecular weight excluding hydrogens is 474 g/mol. The molecule has 0 radical (unpaired) electrons. The largest absolute Gasteiger partial charge is 0.389 e. The van der Waals surface area contributed by atoms with Crippen LogP contribution in [0.15, 0.2) is 24.7 Å². The van der Waals surface area contributed by atoms with E-state index in [9.17, 15) is 15.5 Å².